The van der Waals surface area contributed by atoms with Crippen molar-refractivity contribution in [2.24, 2.45) is 0 Å². The molecular formula is C19H16FNO4. The van der Waals surface area contributed by atoms with Crippen LogP contribution in [0.4, 0.5) is 10.1 Å². The highest BCUT2D eigenvalue weighted by atomic mass is 19.1. The summed E-state index contributed by atoms with van der Waals surface area (Å²) in [5.74, 6) is -1.51. The molecule has 25 heavy (non-hydrogen) atoms. The van der Waals surface area contributed by atoms with Crippen molar-refractivity contribution in [3.8, 4) is 0 Å². The smallest absolute Gasteiger partial charge is 0.337 e. The minimum Gasteiger partial charge on any atom is -0.465 e. The molecule has 0 saturated heterocycles. The van der Waals surface area contributed by atoms with E-state index in [0.717, 1.165) is 5.56 Å². The number of nitrogens with one attached hydrogen (secondary N) is 1. The van der Waals surface area contributed by atoms with Crippen molar-refractivity contribution in [1.82, 2.24) is 0 Å². The number of furan rings is 1. The van der Waals surface area contributed by atoms with Crippen LogP contribution in [0.2, 0.25) is 0 Å². The quantitative estimate of drug-likeness (QED) is 0.724. The number of carbonyl (C=O) groups excluding carboxylic acids is 2. The van der Waals surface area contributed by atoms with Crippen molar-refractivity contribution in [2.75, 3.05) is 12.4 Å². The fourth-order valence-corrected chi connectivity index (χ4v) is 2.61. The molecule has 0 spiro atoms. The lowest BCUT2D eigenvalue weighted by Crippen LogP contribution is -2.14. The van der Waals surface area contributed by atoms with E-state index in [1.165, 1.54) is 19.2 Å². The summed E-state index contributed by atoms with van der Waals surface area (Å²) >= 11 is 0. The van der Waals surface area contributed by atoms with E-state index in [0.29, 0.717) is 22.2 Å². The summed E-state index contributed by atoms with van der Waals surface area (Å²) in [6.07, 6.45) is 0. The second-order valence-corrected chi connectivity index (χ2v) is 5.65. The highest BCUT2D eigenvalue weighted by molar-refractivity contribution is 6.07. The van der Waals surface area contributed by atoms with Gasteiger partial charge in [0.2, 0.25) is 0 Å². The van der Waals surface area contributed by atoms with Gasteiger partial charge in [-0.05, 0) is 37.6 Å². The third kappa shape index (κ3) is 2.98. The summed E-state index contributed by atoms with van der Waals surface area (Å²) < 4.78 is 23.9. The van der Waals surface area contributed by atoms with Crippen LogP contribution >= 0.6 is 0 Å². The molecule has 3 aromatic rings. The molecule has 1 amide bonds. The van der Waals surface area contributed by atoms with Crippen molar-refractivity contribution in [2.45, 2.75) is 13.8 Å². The number of hydrogen-bond acceptors (Lipinski definition) is 4. The SMILES string of the molecule is COC(=O)c1ccc(C)c(NC(=O)c2oc3c(F)cccc3c2C)c1. The first-order valence-corrected chi connectivity index (χ1v) is 7.60. The van der Waals surface area contributed by atoms with E-state index in [1.807, 2.05) is 0 Å². The van der Waals surface area contributed by atoms with Crippen molar-refractivity contribution < 1.29 is 23.1 Å². The molecule has 0 bridgehead atoms. The second-order valence-electron chi connectivity index (χ2n) is 5.65. The predicted molar refractivity (Wildman–Crippen MR) is 91.4 cm³/mol. The van der Waals surface area contributed by atoms with E-state index in [1.54, 1.807) is 38.1 Å². The number of aryl methyl sites for hydroxylation is 2. The Morgan fingerprint density at radius 3 is 2.60 bits per heavy atom. The normalized spacial score (nSPS) is 10.7. The zero-order valence-electron chi connectivity index (χ0n) is 14.0. The molecule has 0 aliphatic heterocycles. The molecule has 0 atom stereocenters. The van der Waals surface area contributed by atoms with E-state index in [2.05, 4.69) is 10.1 Å². The van der Waals surface area contributed by atoms with Crippen LogP contribution in [0.3, 0.4) is 0 Å². The molecule has 0 fully saturated rings. The molecule has 0 aliphatic carbocycles. The van der Waals surface area contributed by atoms with Crippen LogP contribution in [-0.2, 0) is 4.74 Å². The number of ether oxygens (including phenoxy) is 1. The van der Waals surface area contributed by atoms with Gasteiger partial charge in [0.1, 0.15) is 0 Å². The van der Waals surface area contributed by atoms with Crippen LogP contribution in [-0.4, -0.2) is 19.0 Å². The summed E-state index contributed by atoms with van der Waals surface area (Å²) in [7, 11) is 1.28. The van der Waals surface area contributed by atoms with Gasteiger partial charge in [-0.15, -0.1) is 0 Å². The van der Waals surface area contributed by atoms with Gasteiger partial charge in [0, 0.05) is 16.6 Å². The Morgan fingerprint density at radius 1 is 1.16 bits per heavy atom. The lowest BCUT2D eigenvalue weighted by Gasteiger charge is -2.09. The van der Waals surface area contributed by atoms with Gasteiger partial charge in [-0.2, -0.15) is 0 Å². The van der Waals surface area contributed by atoms with Crippen molar-refractivity contribution in [3.63, 3.8) is 0 Å². The van der Waals surface area contributed by atoms with Crippen molar-refractivity contribution in [3.05, 3.63) is 64.7 Å². The lowest BCUT2D eigenvalue weighted by molar-refractivity contribution is 0.0600. The molecule has 0 unspecified atom stereocenters. The first-order chi connectivity index (χ1) is 11.9. The summed E-state index contributed by atoms with van der Waals surface area (Å²) in [4.78, 5) is 24.2. The van der Waals surface area contributed by atoms with Crippen LogP contribution in [0.25, 0.3) is 11.0 Å². The minimum atomic E-state index is -0.525. The van der Waals surface area contributed by atoms with E-state index in [4.69, 9.17) is 4.42 Å². The Hall–Kier alpha value is -3.15. The van der Waals surface area contributed by atoms with E-state index in [-0.39, 0.29) is 11.3 Å². The third-order valence-corrected chi connectivity index (χ3v) is 4.03. The highest BCUT2D eigenvalue weighted by Gasteiger charge is 2.20. The van der Waals surface area contributed by atoms with E-state index >= 15 is 0 Å². The number of hydrogen-bond donors (Lipinski definition) is 1. The first-order valence-electron chi connectivity index (χ1n) is 7.60. The number of para-hydroxylation sites is 1. The molecule has 5 nitrogen and oxygen atoms in total. The van der Waals surface area contributed by atoms with Crippen LogP contribution in [0.15, 0.2) is 40.8 Å². The number of methoxy groups -OCH3 is 1. The molecular weight excluding hydrogens is 325 g/mol. The molecule has 1 N–H and O–H groups in total. The van der Waals surface area contributed by atoms with Crippen molar-refractivity contribution >= 4 is 28.5 Å². The maximum absolute atomic E-state index is 13.8. The summed E-state index contributed by atoms with van der Waals surface area (Å²) in [6, 6.07) is 9.36. The summed E-state index contributed by atoms with van der Waals surface area (Å²) in [5, 5.41) is 3.25. The van der Waals surface area contributed by atoms with Gasteiger partial charge in [-0.25, -0.2) is 9.18 Å². The lowest BCUT2D eigenvalue weighted by atomic mass is 10.1. The highest BCUT2D eigenvalue weighted by Crippen LogP contribution is 2.28. The molecule has 2 aromatic carbocycles. The third-order valence-electron chi connectivity index (χ3n) is 4.03. The minimum absolute atomic E-state index is 0.0305. The Bertz CT molecular complexity index is 990. The molecule has 0 aliphatic rings. The number of rotatable bonds is 3. The van der Waals surface area contributed by atoms with Gasteiger partial charge in [0.05, 0.1) is 12.7 Å². The van der Waals surface area contributed by atoms with Gasteiger partial charge >= 0.3 is 5.97 Å². The summed E-state index contributed by atoms with van der Waals surface area (Å²) in [6.45, 7) is 3.49. The number of amides is 1. The molecule has 0 saturated carbocycles. The Kier molecular flexibility index (Phi) is 4.27. The number of anilines is 1. The van der Waals surface area contributed by atoms with Gasteiger partial charge < -0.3 is 14.5 Å². The molecule has 128 valence electrons. The monoisotopic (exact) mass is 341 g/mol. The fourth-order valence-electron chi connectivity index (χ4n) is 2.61. The number of halogens is 1. The standard InChI is InChI=1S/C19H16FNO4/c1-10-7-8-12(19(23)24-3)9-15(10)21-18(22)16-11(2)13-5-4-6-14(20)17(13)25-16/h4-9H,1-3H3,(H,21,22). The molecule has 1 aromatic heterocycles. The fraction of sp³-hybridized carbons (Fsp3) is 0.158. The number of esters is 1. The first kappa shape index (κ1) is 16.7. The molecule has 1 heterocycles. The molecule has 6 heteroatoms. The Balaban J connectivity index is 1.97. The Labute approximate surface area is 143 Å². The average Bonchev–Trinajstić information content (AvgIpc) is 2.94. The zero-order chi connectivity index (χ0) is 18.1. The molecule has 3 rings (SSSR count). The zero-order valence-corrected chi connectivity index (χ0v) is 14.0. The van der Waals surface area contributed by atoms with Gasteiger partial charge in [-0.1, -0.05) is 18.2 Å². The Morgan fingerprint density at radius 2 is 1.92 bits per heavy atom. The van der Waals surface area contributed by atoms with Gasteiger partial charge in [0.25, 0.3) is 5.91 Å². The van der Waals surface area contributed by atoms with Crippen molar-refractivity contribution in [1.29, 1.82) is 0 Å². The second kappa shape index (κ2) is 6.39. The average molecular weight is 341 g/mol. The number of benzene rings is 2. The van der Waals surface area contributed by atoms with E-state index < -0.39 is 17.7 Å². The van der Waals surface area contributed by atoms with Crippen LogP contribution in [0.5, 0.6) is 0 Å². The maximum atomic E-state index is 13.8. The van der Waals surface area contributed by atoms with Gasteiger partial charge in [-0.3, -0.25) is 4.79 Å². The largest absolute Gasteiger partial charge is 0.465 e. The number of carbonyl (C=O) groups is 2. The van der Waals surface area contributed by atoms with Crippen LogP contribution in [0.1, 0.15) is 32.0 Å². The van der Waals surface area contributed by atoms with Gasteiger partial charge in [0.15, 0.2) is 17.2 Å². The topological polar surface area (TPSA) is 68.5 Å². The van der Waals surface area contributed by atoms with Crippen LogP contribution in [0, 0.1) is 19.7 Å². The van der Waals surface area contributed by atoms with E-state index in [9.17, 15) is 14.0 Å². The molecule has 0 radical (unpaired) electrons. The summed E-state index contributed by atoms with van der Waals surface area (Å²) in [5.41, 5.74) is 2.13. The number of fused-ring (bicyclic) bond motifs is 1. The maximum Gasteiger partial charge on any atom is 0.337 e. The van der Waals surface area contributed by atoms with Crippen LogP contribution < -0.4 is 5.32 Å². The predicted octanol–water partition coefficient (Wildman–Crippen LogP) is 4.23.